The zero-order valence-corrected chi connectivity index (χ0v) is 12.0. The molecular formula is C14H19ClN2O2. The van der Waals surface area contributed by atoms with Gasteiger partial charge in [-0.25, -0.2) is 0 Å². The number of benzene rings is 1. The molecule has 0 unspecified atom stereocenters. The second-order valence-corrected chi connectivity index (χ2v) is 5.39. The number of ether oxygens (including phenoxy) is 1. The molecule has 1 amide bonds. The standard InChI is InChI=1S/C14H19ClN2O2/c1-10-7-17(8-11(2)16-10)14(18)9-19-13-6-4-3-5-12(13)15/h3-6,10-11,16H,7-9H2,1-2H3/t10-,11-/m0/s1. The van der Waals surface area contributed by atoms with E-state index in [9.17, 15) is 4.79 Å². The monoisotopic (exact) mass is 282 g/mol. The number of hydrogen-bond acceptors (Lipinski definition) is 3. The van der Waals surface area contributed by atoms with Gasteiger partial charge in [0, 0.05) is 25.2 Å². The lowest BCUT2D eigenvalue weighted by molar-refractivity contribution is -0.135. The Morgan fingerprint density at radius 3 is 2.63 bits per heavy atom. The average molecular weight is 283 g/mol. The maximum Gasteiger partial charge on any atom is 0.260 e. The Labute approximate surface area is 118 Å². The summed E-state index contributed by atoms with van der Waals surface area (Å²) in [4.78, 5) is 13.9. The summed E-state index contributed by atoms with van der Waals surface area (Å²) in [6.45, 7) is 5.61. The van der Waals surface area contributed by atoms with Crippen molar-refractivity contribution in [3.63, 3.8) is 0 Å². The normalized spacial score (nSPS) is 23.2. The van der Waals surface area contributed by atoms with Crippen LogP contribution in [0.2, 0.25) is 5.02 Å². The van der Waals surface area contributed by atoms with Crippen molar-refractivity contribution in [3.8, 4) is 5.75 Å². The van der Waals surface area contributed by atoms with Crippen molar-refractivity contribution < 1.29 is 9.53 Å². The molecule has 1 N–H and O–H groups in total. The van der Waals surface area contributed by atoms with Crippen molar-refractivity contribution in [2.75, 3.05) is 19.7 Å². The number of piperazine rings is 1. The Morgan fingerprint density at radius 1 is 1.37 bits per heavy atom. The Balaban J connectivity index is 1.89. The second-order valence-electron chi connectivity index (χ2n) is 4.99. The summed E-state index contributed by atoms with van der Waals surface area (Å²) in [5, 5.41) is 3.92. The number of nitrogens with zero attached hydrogens (tertiary/aromatic N) is 1. The van der Waals surface area contributed by atoms with Gasteiger partial charge in [-0.15, -0.1) is 0 Å². The maximum atomic E-state index is 12.1. The molecule has 2 rings (SSSR count). The van der Waals surface area contributed by atoms with Crippen LogP contribution < -0.4 is 10.1 Å². The van der Waals surface area contributed by atoms with Gasteiger partial charge in [0.2, 0.25) is 0 Å². The number of carbonyl (C=O) groups excluding carboxylic acids is 1. The van der Waals surface area contributed by atoms with Gasteiger partial charge in [0.15, 0.2) is 6.61 Å². The molecule has 0 aliphatic carbocycles. The number of hydrogen-bond donors (Lipinski definition) is 1. The molecule has 1 saturated heterocycles. The van der Waals surface area contributed by atoms with E-state index in [-0.39, 0.29) is 12.5 Å². The highest BCUT2D eigenvalue weighted by molar-refractivity contribution is 6.32. The maximum absolute atomic E-state index is 12.1. The molecule has 4 nitrogen and oxygen atoms in total. The fraction of sp³-hybridized carbons (Fsp3) is 0.500. The topological polar surface area (TPSA) is 41.6 Å². The first-order valence-corrected chi connectivity index (χ1v) is 6.85. The first-order valence-electron chi connectivity index (χ1n) is 6.47. The molecule has 1 aliphatic heterocycles. The summed E-state index contributed by atoms with van der Waals surface area (Å²) in [5.41, 5.74) is 0. The van der Waals surface area contributed by atoms with E-state index in [1.165, 1.54) is 0 Å². The molecule has 0 saturated carbocycles. The molecule has 1 heterocycles. The highest BCUT2D eigenvalue weighted by Crippen LogP contribution is 2.23. The lowest BCUT2D eigenvalue weighted by Gasteiger charge is -2.36. The van der Waals surface area contributed by atoms with Gasteiger partial charge < -0.3 is 15.0 Å². The molecule has 5 heteroatoms. The molecule has 0 bridgehead atoms. The van der Waals surface area contributed by atoms with Gasteiger partial charge in [-0.3, -0.25) is 4.79 Å². The highest BCUT2D eigenvalue weighted by Gasteiger charge is 2.24. The molecule has 0 radical (unpaired) electrons. The van der Waals surface area contributed by atoms with Crippen molar-refractivity contribution in [3.05, 3.63) is 29.3 Å². The fourth-order valence-electron chi connectivity index (χ4n) is 2.32. The summed E-state index contributed by atoms with van der Waals surface area (Å²) < 4.78 is 5.48. The van der Waals surface area contributed by atoms with Crippen LogP contribution in [0.4, 0.5) is 0 Å². The van der Waals surface area contributed by atoms with Crippen LogP contribution in [0.3, 0.4) is 0 Å². The van der Waals surface area contributed by atoms with Gasteiger partial charge >= 0.3 is 0 Å². The van der Waals surface area contributed by atoms with Crippen LogP contribution >= 0.6 is 11.6 Å². The minimum Gasteiger partial charge on any atom is -0.482 e. The van der Waals surface area contributed by atoms with Crippen LogP contribution in [0, 0.1) is 0 Å². The van der Waals surface area contributed by atoms with Crippen LogP contribution in [-0.2, 0) is 4.79 Å². The van der Waals surface area contributed by atoms with E-state index in [1.807, 2.05) is 17.0 Å². The molecule has 0 aromatic heterocycles. The van der Waals surface area contributed by atoms with Crippen LogP contribution in [0.25, 0.3) is 0 Å². The van der Waals surface area contributed by atoms with E-state index >= 15 is 0 Å². The summed E-state index contributed by atoms with van der Waals surface area (Å²) in [5.74, 6) is 0.550. The zero-order valence-electron chi connectivity index (χ0n) is 11.2. The van der Waals surface area contributed by atoms with E-state index in [0.29, 0.717) is 22.9 Å². The molecule has 2 atom stereocenters. The van der Waals surface area contributed by atoms with E-state index in [0.717, 1.165) is 13.1 Å². The number of rotatable bonds is 3. The van der Waals surface area contributed by atoms with Crippen LogP contribution in [0.5, 0.6) is 5.75 Å². The third-order valence-corrected chi connectivity index (χ3v) is 3.41. The van der Waals surface area contributed by atoms with Crippen LogP contribution in [-0.4, -0.2) is 42.6 Å². The average Bonchev–Trinajstić information content (AvgIpc) is 2.36. The number of carbonyl (C=O) groups is 1. The Bertz CT molecular complexity index is 443. The Morgan fingerprint density at radius 2 is 2.00 bits per heavy atom. The van der Waals surface area contributed by atoms with Crippen molar-refractivity contribution in [1.82, 2.24) is 10.2 Å². The number of amides is 1. The lowest BCUT2D eigenvalue weighted by atomic mass is 10.1. The van der Waals surface area contributed by atoms with Crippen LogP contribution in [0.1, 0.15) is 13.8 Å². The van der Waals surface area contributed by atoms with Gasteiger partial charge in [0.25, 0.3) is 5.91 Å². The molecule has 1 fully saturated rings. The van der Waals surface area contributed by atoms with Gasteiger partial charge in [-0.2, -0.15) is 0 Å². The summed E-state index contributed by atoms with van der Waals surface area (Å²) >= 11 is 5.98. The first-order chi connectivity index (χ1) is 9.06. The minimum absolute atomic E-state index is 0.000111. The van der Waals surface area contributed by atoms with Crippen molar-refractivity contribution in [2.24, 2.45) is 0 Å². The Kier molecular flexibility index (Phi) is 4.66. The minimum atomic E-state index is 0.000111. The van der Waals surface area contributed by atoms with Crippen molar-refractivity contribution >= 4 is 17.5 Å². The van der Waals surface area contributed by atoms with Gasteiger partial charge in [0.1, 0.15) is 5.75 Å². The largest absolute Gasteiger partial charge is 0.482 e. The van der Waals surface area contributed by atoms with Crippen LogP contribution in [0.15, 0.2) is 24.3 Å². The van der Waals surface area contributed by atoms with Gasteiger partial charge in [-0.1, -0.05) is 23.7 Å². The predicted octanol–water partition coefficient (Wildman–Crippen LogP) is 1.93. The molecule has 19 heavy (non-hydrogen) atoms. The third-order valence-electron chi connectivity index (χ3n) is 3.10. The lowest BCUT2D eigenvalue weighted by Crippen LogP contribution is -2.56. The number of nitrogens with one attached hydrogen (secondary N) is 1. The van der Waals surface area contributed by atoms with E-state index in [1.54, 1.807) is 12.1 Å². The number of para-hydroxylation sites is 1. The smallest absolute Gasteiger partial charge is 0.260 e. The molecule has 104 valence electrons. The predicted molar refractivity (Wildman–Crippen MR) is 75.6 cm³/mol. The fourth-order valence-corrected chi connectivity index (χ4v) is 2.51. The molecule has 0 spiro atoms. The molecule has 1 aliphatic rings. The zero-order chi connectivity index (χ0) is 13.8. The van der Waals surface area contributed by atoms with E-state index in [4.69, 9.17) is 16.3 Å². The summed E-state index contributed by atoms with van der Waals surface area (Å²) in [6, 6.07) is 7.80. The van der Waals surface area contributed by atoms with Gasteiger partial charge in [-0.05, 0) is 26.0 Å². The SMILES string of the molecule is C[C@H]1CN(C(=O)COc2ccccc2Cl)C[C@H](C)N1. The van der Waals surface area contributed by atoms with Crippen molar-refractivity contribution in [2.45, 2.75) is 25.9 Å². The van der Waals surface area contributed by atoms with Crippen molar-refractivity contribution in [1.29, 1.82) is 0 Å². The number of halogens is 1. The second kappa shape index (κ2) is 6.26. The summed E-state index contributed by atoms with van der Waals surface area (Å²) in [7, 11) is 0. The van der Waals surface area contributed by atoms with E-state index in [2.05, 4.69) is 19.2 Å². The quantitative estimate of drug-likeness (QED) is 0.921. The summed E-state index contributed by atoms with van der Waals surface area (Å²) in [6.07, 6.45) is 0. The highest BCUT2D eigenvalue weighted by atomic mass is 35.5. The van der Waals surface area contributed by atoms with Gasteiger partial charge in [0.05, 0.1) is 5.02 Å². The Hall–Kier alpha value is -1.26. The molecule has 1 aromatic rings. The van der Waals surface area contributed by atoms with E-state index < -0.39 is 0 Å². The third kappa shape index (κ3) is 3.85. The first kappa shape index (κ1) is 14.2. The molecular weight excluding hydrogens is 264 g/mol. The molecule has 1 aromatic carbocycles.